The van der Waals surface area contributed by atoms with E-state index in [1.165, 1.54) is 13.8 Å². The van der Waals surface area contributed by atoms with Gasteiger partial charge in [0.2, 0.25) is 10.0 Å². The third-order valence-electron chi connectivity index (χ3n) is 2.70. The molecule has 1 heterocycles. The number of nitrogens with one attached hydrogen (secondary N) is 1. The normalized spacial score (nSPS) is 11.8. The number of aromatic nitrogens is 1. The molecule has 0 aliphatic rings. The molecule has 0 bridgehead atoms. The Morgan fingerprint density at radius 3 is 2.60 bits per heavy atom. The van der Waals surface area contributed by atoms with Crippen LogP contribution in [0.2, 0.25) is 0 Å². The molecule has 5 nitrogen and oxygen atoms in total. The van der Waals surface area contributed by atoms with Crippen molar-refractivity contribution in [3.63, 3.8) is 0 Å². The first-order valence-corrected chi connectivity index (χ1v) is 7.16. The van der Waals surface area contributed by atoms with E-state index in [4.69, 9.17) is 4.52 Å². The van der Waals surface area contributed by atoms with E-state index in [9.17, 15) is 17.2 Å². The maximum atomic E-state index is 13.4. The first kappa shape index (κ1) is 14.6. The van der Waals surface area contributed by atoms with E-state index in [2.05, 4.69) is 9.88 Å². The van der Waals surface area contributed by atoms with E-state index in [0.29, 0.717) is 0 Å². The van der Waals surface area contributed by atoms with Crippen molar-refractivity contribution in [2.75, 3.05) is 0 Å². The minimum Gasteiger partial charge on any atom is -0.360 e. The molecule has 0 radical (unpaired) electrons. The highest BCUT2D eigenvalue weighted by Crippen LogP contribution is 2.19. The number of hydrogen-bond donors (Lipinski definition) is 1. The molecule has 1 N–H and O–H groups in total. The molecule has 0 saturated heterocycles. The Morgan fingerprint density at radius 2 is 2.00 bits per heavy atom. The highest BCUT2D eigenvalue weighted by atomic mass is 32.2. The summed E-state index contributed by atoms with van der Waals surface area (Å²) in [5, 5.41) is 3.54. The summed E-state index contributed by atoms with van der Waals surface area (Å²) in [5.41, 5.74) is 0.120. The van der Waals surface area contributed by atoms with Crippen LogP contribution in [-0.4, -0.2) is 13.6 Å². The molecule has 0 unspecified atom stereocenters. The van der Waals surface area contributed by atoms with Gasteiger partial charge in [0, 0.05) is 12.1 Å². The van der Waals surface area contributed by atoms with Gasteiger partial charge in [0.1, 0.15) is 22.2 Å². The highest BCUT2D eigenvalue weighted by molar-refractivity contribution is 7.89. The summed E-state index contributed by atoms with van der Waals surface area (Å²) in [7, 11) is -3.90. The third-order valence-corrected chi connectivity index (χ3v) is 4.34. The van der Waals surface area contributed by atoms with Gasteiger partial charge >= 0.3 is 0 Å². The molecule has 1 aromatic carbocycles. The van der Waals surface area contributed by atoms with Gasteiger partial charge in [-0.05, 0) is 32.0 Å². The van der Waals surface area contributed by atoms with Crippen molar-refractivity contribution in [3.8, 4) is 0 Å². The predicted molar refractivity (Wildman–Crippen MR) is 66.4 cm³/mol. The Bertz CT molecular complexity index is 722. The molecule has 108 valence electrons. The molecule has 8 heteroatoms. The van der Waals surface area contributed by atoms with E-state index >= 15 is 0 Å². The molecule has 20 heavy (non-hydrogen) atoms. The molecule has 0 aliphatic carbocycles. The lowest BCUT2D eigenvalue weighted by Gasteiger charge is -2.07. The number of halogens is 2. The quantitative estimate of drug-likeness (QED) is 0.938. The van der Waals surface area contributed by atoms with E-state index < -0.39 is 21.7 Å². The summed E-state index contributed by atoms with van der Waals surface area (Å²) in [6.45, 7) is 2.57. The lowest BCUT2D eigenvalue weighted by molar-refractivity contribution is 0.390. The Morgan fingerprint density at radius 1 is 1.30 bits per heavy atom. The lowest BCUT2D eigenvalue weighted by Crippen LogP contribution is -2.24. The van der Waals surface area contributed by atoms with Crippen LogP contribution in [0.25, 0.3) is 0 Å². The summed E-state index contributed by atoms with van der Waals surface area (Å²) in [4.78, 5) is -0.0886. The Balaban J connectivity index is 2.24. The number of benzene rings is 1. The van der Waals surface area contributed by atoms with Crippen LogP contribution in [0.15, 0.2) is 27.6 Å². The average Bonchev–Trinajstić information content (AvgIpc) is 2.71. The molecular formula is C12H12F2N2O3S. The molecular weight excluding hydrogens is 290 g/mol. The number of nitrogens with zero attached hydrogens (tertiary/aromatic N) is 1. The zero-order valence-electron chi connectivity index (χ0n) is 10.8. The fourth-order valence-electron chi connectivity index (χ4n) is 1.78. The van der Waals surface area contributed by atoms with Gasteiger partial charge in [-0.15, -0.1) is 0 Å². The summed E-state index contributed by atoms with van der Waals surface area (Å²) in [5.74, 6) is -1.19. The number of rotatable bonds is 4. The zero-order valence-corrected chi connectivity index (χ0v) is 11.6. The average molecular weight is 302 g/mol. The van der Waals surface area contributed by atoms with Gasteiger partial charge in [-0.3, -0.25) is 0 Å². The topological polar surface area (TPSA) is 72.2 Å². The van der Waals surface area contributed by atoms with E-state index in [-0.39, 0.29) is 28.5 Å². The van der Waals surface area contributed by atoms with Crippen molar-refractivity contribution in [2.24, 2.45) is 0 Å². The third kappa shape index (κ3) is 2.86. The number of aryl methyl sites for hydroxylation is 2. The van der Waals surface area contributed by atoms with Gasteiger partial charge < -0.3 is 4.52 Å². The molecule has 2 aromatic rings. The van der Waals surface area contributed by atoms with Crippen LogP contribution in [-0.2, 0) is 16.6 Å². The standard InChI is InChI=1S/C12H12F2N2O3S/c1-7-12(8(2)19-16-7)20(17,18)15-6-9-5-10(13)3-4-11(9)14/h3-5,15H,6H2,1-2H3. The monoisotopic (exact) mass is 302 g/mol. The van der Waals surface area contributed by atoms with Crippen LogP contribution >= 0.6 is 0 Å². The second-order valence-corrected chi connectivity index (χ2v) is 5.92. The van der Waals surface area contributed by atoms with Crippen molar-refractivity contribution in [1.82, 2.24) is 9.88 Å². The molecule has 0 fully saturated rings. The van der Waals surface area contributed by atoms with Crippen molar-refractivity contribution in [2.45, 2.75) is 25.3 Å². The number of hydrogen-bond acceptors (Lipinski definition) is 4. The summed E-state index contributed by atoms with van der Waals surface area (Å²) in [6, 6.07) is 2.84. The smallest absolute Gasteiger partial charge is 0.246 e. The van der Waals surface area contributed by atoms with Gasteiger partial charge in [-0.1, -0.05) is 5.16 Å². The molecule has 0 spiro atoms. The lowest BCUT2D eigenvalue weighted by atomic mass is 10.2. The van der Waals surface area contributed by atoms with Crippen LogP contribution in [0.1, 0.15) is 17.0 Å². The van der Waals surface area contributed by atoms with Crippen molar-refractivity contribution in [1.29, 1.82) is 0 Å². The predicted octanol–water partition coefficient (Wildman–Crippen LogP) is 2.05. The van der Waals surface area contributed by atoms with Crippen molar-refractivity contribution < 1.29 is 21.7 Å². The summed E-state index contributed by atoms with van der Waals surface area (Å²) in [6.07, 6.45) is 0. The fourth-order valence-corrected chi connectivity index (χ4v) is 3.11. The second-order valence-electron chi connectivity index (χ2n) is 4.21. The van der Waals surface area contributed by atoms with Gasteiger partial charge in [-0.25, -0.2) is 21.9 Å². The molecule has 1 aromatic heterocycles. The molecule has 0 saturated carbocycles. The Hall–Kier alpha value is -1.80. The van der Waals surface area contributed by atoms with Crippen LogP contribution < -0.4 is 4.72 Å². The molecule has 0 amide bonds. The van der Waals surface area contributed by atoms with Crippen LogP contribution in [0, 0.1) is 25.5 Å². The summed E-state index contributed by atoms with van der Waals surface area (Å²) >= 11 is 0. The molecule has 0 atom stereocenters. The zero-order chi connectivity index (χ0) is 14.9. The van der Waals surface area contributed by atoms with E-state index in [1.54, 1.807) is 0 Å². The van der Waals surface area contributed by atoms with Gasteiger partial charge in [0.15, 0.2) is 5.76 Å². The van der Waals surface area contributed by atoms with E-state index in [0.717, 1.165) is 18.2 Å². The molecule has 0 aliphatic heterocycles. The Kier molecular flexibility index (Phi) is 3.87. The summed E-state index contributed by atoms with van der Waals surface area (Å²) < 4.78 is 57.5. The van der Waals surface area contributed by atoms with Gasteiger partial charge in [-0.2, -0.15) is 0 Å². The SMILES string of the molecule is Cc1noc(C)c1S(=O)(=O)NCc1cc(F)ccc1F. The fraction of sp³-hybridized carbons (Fsp3) is 0.250. The maximum Gasteiger partial charge on any atom is 0.246 e. The van der Waals surface area contributed by atoms with Crippen LogP contribution in [0.5, 0.6) is 0 Å². The minimum atomic E-state index is -3.90. The molecule has 2 rings (SSSR count). The Labute approximate surface area is 114 Å². The van der Waals surface area contributed by atoms with Crippen LogP contribution in [0.3, 0.4) is 0 Å². The van der Waals surface area contributed by atoms with Crippen molar-refractivity contribution in [3.05, 3.63) is 46.9 Å². The van der Waals surface area contributed by atoms with E-state index in [1.807, 2.05) is 0 Å². The first-order chi connectivity index (χ1) is 9.31. The second kappa shape index (κ2) is 5.29. The first-order valence-electron chi connectivity index (χ1n) is 5.67. The van der Waals surface area contributed by atoms with Crippen molar-refractivity contribution >= 4 is 10.0 Å². The largest absolute Gasteiger partial charge is 0.360 e. The number of sulfonamides is 1. The minimum absolute atomic E-state index is 0.0830. The maximum absolute atomic E-state index is 13.4. The van der Waals surface area contributed by atoms with Gasteiger partial charge in [0.05, 0.1) is 0 Å². The highest BCUT2D eigenvalue weighted by Gasteiger charge is 2.24. The van der Waals surface area contributed by atoms with Crippen LogP contribution in [0.4, 0.5) is 8.78 Å². The van der Waals surface area contributed by atoms with Gasteiger partial charge in [0.25, 0.3) is 0 Å².